The summed E-state index contributed by atoms with van der Waals surface area (Å²) >= 11 is 0. The molecule has 0 radical (unpaired) electrons. The van der Waals surface area contributed by atoms with Gasteiger partial charge in [-0.2, -0.15) is 0 Å². The molecule has 0 bridgehead atoms. The first-order valence-corrected chi connectivity index (χ1v) is 7.59. The molecule has 6 nitrogen and oxygen atoms in total. The number of esters is 2. The lowest BCUT2D eigenvalue weighted by molar-refractivity contribution is -0.167. The van der Waals surface area contributed by atoms with Crippen LogP contribution in [-0.4, -0.2) is 29.8 Å². The zero-order valence-corrected chi connectivity index (χ0v) is 12.8. The van der Waals surface area contributed by atoms with Crippen molar-refractivity contribution in [1.29, 1.82) is 0 Å². The van der Waals surface area contributed by atoms with E-state index >= 15 is 0 Å². The summed E-state index contributed by atoms with van der Waals surface area (Å²) in [6.45, 7) is 1.77. The van der Waals surface area contributed by atoms with Gasteiger partial charge in [0, 0.05) is 19.3 Å². The summed E-state index contributed by atoms with van der Waals surface area (Å²) in [6.07, 6.45) is 6.67. The maximum Gasteiger partial charge on any atom is 0.308 e. The van der Waals surface area contributed by atoms with Crippen LogP contribution < -0.4 is 0 Å². The highest BCUT2D eigenvalue weighted by molar-refractivity contribution is 5.71. The monoisotopic (exact) mass is 302 g/mol. The predicted molar refractivity (Wildman–Crippen MR) is 76.5 cm³/mol. The van der Waals surface area contributed by atoms with Gasteiger partial charge in [-0.1, -0.05) is 32.6 Å². The zero-order chi connectivity index (χ0) is 15.9. The van der Waals surface area contributed by atoms with E-state index in [1.54, 1.807) is 0 Å². The maximum atomic E-state index is 11.3. The highest BCUT2D eigenvalue weighted by Crippen LogP contribution is 2.06. The Morgan fingerprint density at radius 3 is 1.76 bits per heavy atom. The predicted octanol–water partition coefficient (Wildman–Crippen LogP) is 3.04. The molecule has 0 aromatic heterocycles. The molecule has 0 saturated heterocycles. The summed E-state index contributed by atoms with van der Waals surface area (Å²) in [6, 6.07) is 0. The average Bonchev–Trinajstić information content (AvgIpc) is 2.43. The molecule has 0 aliphatic carbocycles. The van der Waals surface area contributed by atoms with Crippen LogP contribution in [0.3, 0.4) is 0 Å². The van der Waals surface area contributed by atoms with Gasteiger partial charge >= 0.3 is 17.9 Å². The van der Waals surface area contributed by atoms with Crippen molar-refractivity contribution in [3.63, 3.8) is 0 Å². The number of carbonyl (C=O) groups excluding carboxylic acids is 2. The Labute approximate surface area is 125 Å². The molecule has 0 fully saturated rings. The van der Waals surface area contributed by atoms with E-state index in [-0.39, 0.29) is 25.6 Å². The van der Waals surface area contributed by atoms with Gasteiger partial charge in [-0.05, 0) is 19.3 Å². The highest BCUT2D eigenvalue weighted by atomic mass is 16.7. The molecule has 0 rings (SSSR count). The zero-order valence-electron chi connectivity index (χ0n) is 12.8. The van der Waals surface area contributed by atoms with Crippen LogP contribution in [0.2, 0.25) is 0 Å². The Bertz CT molecular complexity index is 313. The first-order valence-electron chi connectivity index (χ1n) is 7.59. The Morgan fingerprint density at radius 2 is 1.24 bits per heavy atom. The van der Waals surface area contributed by atoms with Gasteiger partial charge < -0.3 is 14.6 Å². The number of hydrogen-bond acceptors (Lipinski definition) is 5. The minimum atomic E-state index is -0.878. The minimum Gasteiger partial charge on any atom is -0.481 e. The Balaban J connectivity index is 3.40. The second-order valence-electron chi connectivity index (χ2n) is 4.92. The molecule has 0 saturated carbocycles. The maximum absolute atomic E-state index is 11.3. The van der Waals surface area contributed by atoms with Crippen molar-refractivity contribution in [2.45, 2.75) is 71.1 Å². The summed E-state index contributed by atoms with van der Waals surface area (Å²) < 4.78 is 9.52. The SMILES string of the molecule is CCCCCCCC(=O)OCOC(=O)CCCCC(=O)O. The standard InChI is InChI=1S/C15H26O6/c1-2-3-4-5-6-10-14(18)20-12-21-15(19)11-8-7-9-13(16)17/h2-12H2,1H3,(H,16,17). The molecule has 0 aliphatic heterocycles. The largest absolute Gasteiger partial charge is 0.481 e. The van der Waals surface area contributed by atoms with Gasteiger partial charge in [0.05, 0.1) is 0 Å². The number of ether oxygens (including phenoxy) is 2. The van der Waals surface area contributed by atoms with E-state index in [1.165, 1.54) is 6.42 Å². The molecule has 0 unspecified atom stereocenters. The van der Waals surface area contributed by atoms with Crippen LogP contribution in [-0.2, 0) is 23.9 Å². The molecule has 122 valence electrons. The molecule has 0 heterocycles. The van der Waals surface area contributed by atoms with Gasteiger partial charge in [-0.15, -0.1) is 0 Å². The molecular weight excluding hydrogens is 276 g/mol. The summed E-state index contributed by atoms with van der Waals surface area (Å²) in [4.78, 5) is 32.8. The molecule has 0 aliphatic rings. The second kappa shape index (κ2) is 13.4. The smallest absolute Gasteiger partial charge is 0.308 e. The number of aliphatic carboxylic acids is 1. The number of unbranched alkanes of at least 4 members (excludes halogenated alkanes) is 5. The van der Waals surface area contributed by atoms with E-state index in [0.29, 0.717) is 19.3 Å². The third-order valence-electron chi connectivity index (χ3n) is 2.95. The van der Waals surface area contributed by atoms with E-state index in [0.717, 1.165) is 25.7 Å². The second-order valence-corrected chi connectivity index (χ2v) is 4.92. The minimum absolute atomic E-state index is 0.0420. The number of hydrogen-bond donors (Lipinski definition) is 1. The van der Waals surface area contributed by atoms with Crippen molar-refractivity contribution >= 4 is 17.9 Å². The topological polar surface area (TPSA) is 89.9 Å². The highest BCUT2D eigenvalue weighted by Gasteiger charge is 2.06. The molecule has 0 amide bonds. The van der Waals surface area contributed by atoms with E-state index in [1.807, 2.05) is 0 Å². The van der Waals surface area contributed by atoms with Crippen molar-refractivity contribution in [3.05, 3.63) is 0 Å². The third-order valence-corrected chi connectivity index (χ3v) is 2.95. The lowest BCUT2D eigenvalue weighted by Gasteiger charge is -2.06. The third kappa shape index (κ3) is 14.6. The number of carboxylic acid groups (broad SMARTS) is 1. The van der Waals surface area contributed by atoms with Crippen molar-refractivity contribution in [1.82, 2.24) is 0 Å². The first-order chi connectivity index (χ1) is 10.1. The Hall–Kier alpha value is -1.59. The van der Waals surface area contributed by atoms with Gasteiger partial charge in [0.2, 0.25) is 6.79 Å². The van der Waals surface area contributed by atoms with Crippen LogP contribution in [0, 0.1) is 0 Å². The summed E-state index contributed by atoms with van der Waals surface area (Å²) in [5.41, 5.74) is 0. The molecule has 6 heteroatoms. The fourth-order valence-corrected chi connectivity index (χ4v) is 1.72. The summed E-state index contributed by atoms with van der Waals surface area (Å²) in [5.74, 6) is -1.71. The Morgan fingerprint density at radius 1 is 0.762 bits per heavy atom. The van der Waals surface area contributed by atoms with Crippen LogP contribution in [0.15, 0.2) is 0 Å². The van der Waals surface area contributed by atoms with E-state index in [4.69, 9.17) is 14.6 Å². The van der Waals surface area contributed by atoms with Gasteiger partial charge in [0.1, 0.15) is 0 Å². The van der Waals surface area contributed by atoms with Crippen LogP contribution in [0.4, 0.5) is 0 Å². The average molecular weight is 302 g/mol. The van der Waals surface area contributed by atoms with Gasteiger partial charge in [0.15, 0.2) is 0 Å². The molecule has 0 atom stereocenters. The summed E-state index contributed by atoms with van der Waals surface area (Å²) in [5, 5.41) is 8.43. The fraction of sp³-hybridized carbons (Fsp3) is 0.800. The molecule has 0 aromatic rings. The van der Waals surface area contributed by atoms with Gasteiger partial charge in [0.25, 0.3) is 0 Å². The van der Waals surface area contributed by atoms with Crippen LogP contribution >= 0.6 is 0 Å². The van der Waals surface area contributed by atoms with E-state index in [9.17, 15) is 14.4 Å². The van der Waals surface area contributed by atoms with E-state index in [2.05, 4.69) is 6.92 Å². The number of carbonyl (C=O) groups is 3. The molecule has 0 aromatic carbocycles. The van der Waals surface area contributed by atoms with Crippen molar-refractivity contribution in [2.24, 2.45) is 0 Å². The van der Waals surface area contributed by atoms with Gasteiger partial charge in [-0.25, -0.2) is 0 Å². The molecule has 1 N–H and O–H groups in total. The van der Waals surface area contributed by atoms with Crippen LogP contribution in [0.25, 0.3) is 0 Å². The quantitative estimate of drug-likeness (QED) is 0.319. The number of carboxylic acids is 1. The van der Waals surface area contributed by atoms with Crippen LogP contribution in [0.5, 0.6) is 0 Å². The number of rotatable bonds is 13. The van der Waals surface area contributed by atoms with E-state index < -0.39 is 11.9 Å². The Kier molecular flexibility index (Phi) is 12.4. The summed E-state index contributed by atoms with van der Waals surface area (Å²) in [7, 11) is 0. The molecule has 0 spiro atoms. The van der Waals surface area contributed by atoms with Crippen molar-refractivity contribution in [3.8, 4) is 0 Å². The molecular formula is C15H26O6. The normalized spacial score (nSPS) is 10.1. The lowest BCUT2D eigenvalue weighted by Crippen LogP contribution is -2.12. The fourth-order valence-electron chi connectivity index (χ4n) is 1.72. The van der Waals surface area contributed by atoms with Crippen LogP contribution in [0.1, 0.15) is 71.1 Å². The van der Waals surface area contributed by atoms with Crippen molar-refractivity contribution in [2.75, 3.05) is 6.79 Å². The van der Waals surface area contributed by atoms with Gasteiger partial charge in [-0.3, -0.25) is 14.4 Å². The van der Waals surface area contributed by atoms with Crippen molar-refractivity contribution < 1.29 is 29.0 Å². The lowest BCUT2D eigenvalue weighted by atomic mass is 10.1. The first kappa shape index (κ1) is 19.4. The molecule has 21 heavy (non-hydrogen) atoms.